The van der Waals surface area contributed by atoms with Gasteiger partial charge >= 0.3 is 5.69 Å². The zero-order valence-corrected chi connectivity index (χ0v) is 16.2. The predicted octanol–water partition coefficient (Wildman–Crippen LogP) is 3.60. The van der Waals surface area contributed by atoms with Gasteiger partial charge in [0.1, 0.15) is 9.96 Å². The number of methoxy groups -OCH3 is 1. The Hall–Kier alpha value is -2.13. The average Bonchev–Trinajstić information content (AvgIpc) is 2.99. The lowest BCUT2D eigenvalue weighted by atomic mass is 9.64. The summed E-state index contributed by atoms with van der Waals surface area (Å²) >= 11 is 0.903. The Kier molecular flexibility index (Phi) is 4.94. The van der Waals surface area contributed by atoms with Crippen LogP contribution >= 0.6 is 11.3 Å². The maximum absolute atomic E-state index is 11.7. The highest BCUT2D eigenvalue weighted by molar-refractivity contribution is 7.92. The first-order chi connectivity index (χ1) is 12.3. The Balaban J connectivity index is 1.90. The highest BCUT2D eigenvalue weighted by Crippen LogP contribution is 2.48. The molecule has 1 heterocycles. The normalized spacial score (nSPS) is 15.9. The molecule has 0 unspecified atom stereocenters. The second-order valence-corrected chi connectivity index (χ2v) is 9.79. The molecule has 0 saturated heterocycles. The molecule has 0 atom stereocenters. The van der Waals surface area contributed by atoms with E-state index in [-0.39, 0.29) is 20.3 Å². The molecule has 1 fully saturated rings. The first-order valence-electron chi connectivity index (χ1n) is 8.12. The van der Waals surface area contributed by atoms with Crippen LogP contribution in [0.1, 0.15) is 24.8 Å². The summed E-state index contributed by atoms with van der Waals surface area (Å²) < 4.78 is 28.9. The molecule has 9 heteroatoms. The van der Waals surface area contributed by atoms with Crippen LogP contribution in [0.5, 0.6) is 5.75 Å². The van der Waals surface area contributed by atoms with Gasteiger partial charge in [-0.1, -0.05) is 36.0 Å². The van der Waals surface area contributed by atoms with Gasteiger partial charge in [-0.2, -0.15) is 0 Å². The van der Waals surface area contributed by atoms with E-state index in [2.05, 4.69) is 5.32 Å². The molecule has 1 aromatic carbocycles. The van der Waals surface area contributed by atoms with Gasteiger partial charge in [-0.15, -0.1) is 0 Å². The number of nitrogens with zero attached hydrogens (tertiary/aromatic N) is 1. The maximum atomic E-state index is 11.7. The molecular formula is C17H20N2O5S2. The SMILES string of the molecule is COc1ccccc1C1(CNc2sc(S(C)(=O)=O)cc2[N+](=O)[O-])CCC1. The van der Waals surface area contributed by atoms with Crippen molar-refractivity contribution >= 4 is 31.9 Å². The first-order valence-corrected chi connectivity index (χ1v) is 10.8. The van der Waals surface area contributed by atoms with Gasteiger partial charge in [0, 0.05) is 29.8 Å². The van der Waals surface area contributed by atoms with Gasteiger partial charge in [0.25, 0.3) is 0 Å². The molecule has 0 bridgehead atoms. The highest BCUT2D eigenvalue weighted by atomic mass is 32.2. The summed E-state index contributed by atoms with van der Waals surface area (Å²) in [6.07, 6.45) is 4.01. The van der Waals surface area contributed by atoms with Crippen LogP contribution in [0, 0.1) is 10.1 Å². The van der Waals surface area contributed by atoms with E-state index in [4.69, 9.17) is 4.74 Å². The molecule has 1 aromatic heterocycles. The largest absolute Gasteiger partial charge is 0.496 e. The summed E-state index contributed by atoms with van der Waals surface area (Å²) in [7, 11) is -1.87. The Morgan fingerprint density at radius 1 is 1.35 bits per heavy atom. The number of anilines is 1. The third kappa shape index (κ3) is 3.41. The zero-order valence-electron chi connectivity index (χ0n) is 14.5. The second kappa shape index (κ2) is 6.88. The molecule has 1 N–H and O–H groups in total. The lowest BCUT2D eigenvalue weighted by Gasteiger charge is -2.43. The number of nitro groups is 1. The molecule has 3 rings (SSSR count). The number of rotatable bonds is 7. The van der Waals surface area contributed by atoms with Crippen LogP contribution in [0.2, 0.25) is 0 Å². The third-order valence-corrected chi connectivity index (χ3v) is 7.71. The van der Waals surface area contributed by atoms with Crippen LogP contribution in [0.3, 0.4) is 0 Å². The molecule has 2 aromatic rings. The first kappa shape index (κ1) is 18.7. The smallest absolute Gasteiger partial charge is 0.304 e. The van der Waals surface area contributed by atoms with Crippen molar-refractivity contribution in [2.45, 2.75) is 28.9 Å². The van der Waals surface area contributed by atoms with Crippen molar-refractivity contribution in [1.29, 1.82) is 0 Å². The minimum absolute atomic E-state index is 0.00773. The van der Waals surface area contributed by atoms with Crippen LogP contribution in [-0.4, -0.2) is 33.3 Å². The highest BCUT2D eigenvalue weighted by Gasteiger charge is 2.41. The summed E-state index contributed by atoms with van der Waals surface area (Å²) in [4.78, 5) is 10.7. The topological polar surface area (TPSA) is 98.5 Å². The summed E-state index contributed by atoms with van der Waals surface area (Å²) in [5, 5.41) is 14.7. The number of sulfone groups is 1. The summed E-state index contributed by atoms with van der Waals surface area (Å²) in [5.41, 5.74) is 0.698. The van der Waals surface area contributed by atoms with Gasteiger partial charge in [0.05, 0.1) is 12.0 Å². The lowest BCUT2D eigenvalue weighted by Crippen LogP contribution is -2.41. The Morgan fingerprint density at radius 2 is 2.04 bits per heavy atom. The molecule has 0 radical (unpaired) electrons. The molecule has 0 spiro atoms. The van der Waals surface area contributed by atoms with Crippen molar-refractivity contribution in [1.82, 2.24) is 0 Å². The minimum Gasteiger partial charge on any atom is -0.496 e. The fourth-order valence-electron chi connectivity index (χ4n) is 3.28. The zero-order chi connectivity index (χ0) is 18.9. The molecule has 0 aliphatic heterocycles. The number of hydrogen-bond acceptors (Lipinski definition) is 7. The molecule has 7 nitrogen and oxygen atoms in total. The number of para-hydroxylation sites is 1. The monoisotopic (exact) mass is 396 g/mol. The summed E-state index contributed by atoms with van der Waals surface area (Å²) in [6.45, 7) is 0.484. The van der Waals surface area contributed by atoms with E-state index in [1.807, 2.05) is 24.3 Å². The molecule has 0 amide bonds. The van der Waals surface area contributed by atoms with E-state index in [1.54, 1.807) is 7.11 Å². The van der Waals surface area contributed by atoms with Crippen LogP contribution in [0.4, 0.5) is 10.7 Å². The van der Waals surface area contributed by atoms with Crippen molar-refractivity contribution in [2.75, 3.05) is 25.2 Å². The van der Waals surface area contributed by atoms with Crippen molar-refractivity contribution in [3.8, 4) is 5.75 Å². The van der Waals surface area contributed by atoms with E-state index in [0.29, 0.717) is 6.54 Å². The fraction of sp³-hybridized carbons (Fsp3) is 0.412. The minimum atomic E-state index is -3.49. The van der Waals surface area contributed by atoms with Gasteiger partial charge < -0.3 is 10.1 Å². The van der Waals surface area contributed by atoms with Crippen LogP contribution in [-0.2, 0) is 15.3 Å². The standard InChI is InChI=1S/C17H20N2O5S2/c1-24-14-7-4-3-6-12(14)17(8-5-9-17)11-18-16-13(19(20)21)10-15(25-16)26(2,22)23/h3-4,6-7,10,18H,5,8-9,11H2,1-2H3. The van der Waals surface area contributed by atoms with Gasteiger partial charge in [-0.05, 0) is 18.9 Å². The average molecular weight is 396 g/mol. The maximum Gasteiger partial charge on any atom is 0.304 e. The molecule has 1 aliphatic rings. The van der Waals surface area contributed by atoms with Gasteiger partial charge in [-0.3, -0.25) is 10.1 Å². The van der Waals surface area contributed by atoms with Crippen LogP contribution < -0.4 is 10.1 Å². The number of benzene rings is 1. The van der Waals surface area contributed by atoms with Crippen LogP contribution in [0.15, 0.2) is 34.5 Å². The lowest BCUT2D eigenvalue weighted by molar-refractivity contribution is -0.383. The van der Waals surface area contributed by atoms with E-state index in [9.17, 15) is 18.5 Å². The Labute approximate surface area is 156 Å². The number of nitrogens with one attached hydrogen (secondary N) is 1. The van der Waals surface area contributed by atoms with E-state index >= 15 is 0 Å². The predicted molar refractivity (Wildman–Crippen MR) is 101 cm³/mol. The summed E-state index contributed by atoms with van der Waals surface area (Å²) in [5.74, 6) is 0.798. The Morgan fingerprint density at radius 3 is 2.58 bits per heavy atom. The quantitative estimate of drug-likeness (QED) is 0.567. The fourth-order valence-corrected chi connectivity index (χ4v) is 5.22. The third-order valence-electron chi connectivity index (χ3n) is 4.83. The second-order valence-electron chi connectivity index (χ2n) is 6.50. The molecule has 1 aliphatic carbocycles. The molecule has 26 heavy (non-hydrogen) atoms. The number of ether oxygens (including phenoxy) is 1. The van der Waals surface area contributed by atoms with Gasteiger partial charge in [-0.25, -0.2) is 8.42 Å². The van der Waals surface area contributed by atoms with Gasteiger partial charge in [0.15, 0.2) is 14.8 Å². The van der Waals surface area contributed by atoms with Crippen molar-refractivity contribution in [2.24, 2.45) is 0 Å². The van der Waals surface area contributed by atoms with Crippen LogP contribution in [0.25, 0.3) is 0 Å². The molecular weight excluding hydrogens is 376 g/mol. The van der Waals surface area contributed by atoms with Crippen molar-refractivity contribution < 1.29 is 18.1 Å². The number of thiophene rings is 1. The molecule has 1 saturated carbocycles. The number of hydrogen-bond donors (Lipinski definition) is 1. The van der Waals surface area contributed by atoms with Crippen molar-refractivity contribution in [3.63, 3.8) is 0 Å². The summed E-state index contributed by atoms with van der Waals surface area (Å²) in [6, 6.07) is 8.91. The van der Waals surface area contributed by atoms with Gasteiger partial charge in [0.2, 0.25) is 0 Å². The van der Waals surface area contributed by atoms with E-state index in [0.717, 1.165) is 54.2 Å². The van der Waals surface area contributed by atoms with E-state index in [1.165, 1.54) is 0 Å². The van der Waals surface area contributed by atoms with E-state index < -0.39 is 14.8 Å². The molecule has 140 valence electrons. The van der Waals surface area contributed by atoms with Crippen molar-refractivity contribution in [3.05, 3.63) is 46.0 Å². The Bertz CT molecular complexity index is 932.